The smallest absolute Gasteiger partial charge is 0.0701 e. The summed E-state index contributed by atoms with van der Waals surface area (Å²) in [4.78, 5) is 0. The summed E-state index contributed by atoms with van der Waals surface area (Å²) in [6.07, 6.45) is 11.9. The van der Waals surface area contributed by atoms with Crippen LogP contribution in [0, 0.1) is 11.8 Å². The lowest BCUT2D eigenvalue weighted by Gasteiger charge is -2.46. The number of hydrogen-bond donors (Lipinski definition) is 1. The third kappa shape index (κ3) is 3.30. The van der Waals surface area contributed by atoms with Crippen molar-refractivity contribution < 1.29 is 4.74 Å². The number of hydrogen-bond acceptors (Lipinski definition) is 3. The third-order valence-corrected chi connectivity index (χ3v) is 6.66. The highest BCUT2D eigenvalue weighted by molar-refractivity contribution is 7.99. The van der Waals surface area contributed by atoms with Gasteiger partial charge in [-0.05, 0) is 61.9 Å². The first-order chi connectivity index (χ1) is 9.29. The van der Waals surface area contributed by atoms with Crippen LogP contribution in [0.4, 0.5) is 0 Å². The predicted octanol–water partition coefficient (Wildman–Crippen LogP) is 3.59. The first-order valence-electron chi connectivity index (χ1n) is 8.26. The SMILES string of the molecule is NC(C1CCCCC1)C1CCOC2(CCSCC2)C1. The van der Waals surface area contributed by atoms with Gasteiger partial charge in [0.1, 0.15) is 0 Å². The first kappa shape index (κ1) is 14.2. The van der Waals surface area contributed by atoms with Crippen LogP contribution in [0.1, 0.15) is 57.8 Å². The predicted molar refractivity (Wildman–Crippen MR) is 82.5 cm³/mol. The maximum absolute atomic E-state index is 6.65. The fraction of sp³-hybridized carbons (Fsp3) is 1.00. The van der Waals surface area contributed by atoms with Crippen LogP contribution < -0.4 is 5.73 Å². The molecule has 0 aromatic heterocycles. The van der Waals surface area contributed by atoms with E-state index in [0.717, 1.165) is 18.4 Å². The topological polar surface area (TPSA) is 35.2 Å². The molecule has 110 valence electrons. The average Bonchev–Trinajstić information content (AvgIpc) is 2.48. The van der Waals surface area contributed by atoms with Gasteiger partial charge in [-0.15, -0.1) is 0 Å². The van der Waals surface area contributed by atoms with Gasteiger partial charge in [0, 0.05) is 12.6 Å². The minimum atomic E-state index is 0.209. The van der Waals surface area contributed by atoms with Crippen LogP contribution in [0.3, 0.4) is 0 Å². The van der Waals surface area contributed by atoms with E-state index >= 15 is 0 Å². The number of thioether (sulfide) groups is 1. The zero-order valence-electron chi connectivity index (χ0n) is 12.1. The molecule has 3 rings (SSSR count). The second-order valence-corrected chi connectivity index (χ2v) is 8.10. The molecule has 2 atom stereocenters. The van der Waals surface area contributed by atoms with Gasteiger partial charge >= 0.3 is 0 Å². The fourth-order valence-electron chi connectivity index (χ4n) is 4.39. The molecule has 2 aliphatic heterocycles. The molecular weight excluding hydrogens is 254 g/mol. The molecule has 3 fully saturated rings. The van der Waals surface area contributed by atoms with Gasteiger partial charge in [-0.3, -0.25) is 0 Å². The summed E-state index contributed by atoms with van der Waals surface area (Å²) in [6, 6.07) is 0.440. The normalized spacial score (nSPS) is 34.3. The van der Waals surface area contributed by atoms with Crippen LogP contribution >= 0.6 is 11.8 Å². The zero-order chi connectivity index (χ0) is 13.1. The molecule has 0 amide bonds. The molecule has 0 aromatic carbocycles. The van der Waals surface area contributed by atoms with E-state index < -0.39 is 0 Å². The lowest BCUT2D eigenvalue weighted by atomic mass is 9.72. The summed E-state index contributed by atoms with van der Waals surface area (Å²) in [5.41, 5.74) is 6.86. The van der Waals surface area contributed by atoms with E-state index in [4.69, 9.17) is 10.5 Å². The Morgan fingerprint density at radius 1 is 1.00 bits per heavy atom. The molecule has 2 heterocycles. The molecule has 2 nitrogen and oxygen atoms in total. The van der Waals surface area contributed by atoms with Crippen LogP contribution in [0.5, 0.6) is 0 Å². The van der Waals surface area contributed by atoms with E-state index in [-0.39, 0.29) is 5.60 Å². The van der Waals surface area contributed by atoms with Crippen molar-refractivity contribution >= 4 is 11.8 Å². The van der Waals surface area contributed by atoms with Gasteiger partial charge in [-0.25, -0.2) is 0 Å². The van der Waals surface area contributed by atoms with Crippen LogP contribution in [0.25, 0.3) is 0 Å². The standard InChI is InChI=1S/C16H29NOS/c17-15(13-4-2-1-3-5-13)14-6-9-18-16(12-14)7-10-19-11-8-16/h13-15H,1-12,17H2. The van der Waals surface area contributed by atoms with Crippen molar-refractivity contribution in [3.05, 3.63) is 0 Å². The largest absolute Gasteiger partial charge is 0.375 e. The summed E-state index contributed by atoms with van der Waals surface area (Å²) < 4.78 is 6.21. The molecule has 1 aliphatic carbocycles. The summed E-state index contributed by atoms with van der Waals surface area (Å²) in [6.45, 7) is 0.954. The molecule has 0 radical (unpaired) electrons. The molecule has 3 aliphatic rings. The lowest BCUT2D eigenvalue weighted by Crippen LogP contribution is -2.49. The Balaban J connectivity index is 1.60. The molecular formula is C16H29NOS. The summed E-state index contributed by atoms with van der Waals surface area (Å²) >= 11 is 2.09. The maximum atomic E-state index is 6.65. The van der Waals surface area contributed by atoms with Crippen LogP contribution in [0.15, 0.2) is 0 Å². The first-order valence-corrected chi connectivity index (χ1v) is 9.42. The Hall–Kier alpha value is 0.270. The number of rotatable bonds is 2. The van der Waals surface area contributed by atoms with Crippen molar-refractivity contribution in [3.8, 4) is 0 Å². The molecule has 2 saturated heterocycles. The Kier molecular flexibility index (Phi) is 4.76. The Morgan fingerprint density at radius 3 is 2.47 bits per heavy atom. The van der Waals surface area contributed by atoms with Gasteiger partial charge in [0.25, 0.3) is 0 Å². The van der Waals surface area contributed by atoms with Crippen LogP contribution in [0.2, 0.25) is 0 Å². The van der Waals surface area contributed by atoms with E-state index in [1.165, 1.54) is 69.3 Å². The lowest BCUT2D eigenvalue weighted by molar-refractivity contribution is -0.108. The van der Waals surface area contributed by atoms with E-state index in [2.05, 4.69) is 11.8 Å². The third-order valence-electron chi connectivity index (χ3n) is 5.67. The van der Waals surface area contributed by atoms with Gasteiger partial charge in [-0.2, -0.15) is 11.8 Å². The van der Waals surface area contributed by atoms with Gasteiger partial charge in [0.05, 0.1) is 5.60 Å². The van der Waals surface area contributed by atoms with Crippen molar-refractivity contribution in [1.82, 2.24) is 0 Å². The van der Waals surface area contributed by atoms with Crippen molar-refractivity contribution in [1.29, 1.82) is 0 Å². The van der Waals surface area contributed by atoms with E-state index in [1.54, 1.807) is 0 Å². The Bertz CT molecular complexity index is 279. The molecule has 1 saturated carbocycles. The van der Waals surface area contributed by atoms with Crippen molar-refractivity contribution in [2.45, 2.75) is 69.4 Å². The van der Waals surface area contributed by atoms with Gasteiger partial charge in [0.15, 0.2) is 0 Å². The van der Waals surface area contributed by atoms with Crippen LogP contribution in [-0.2, 0) is 4.74 Å². The minimum absolute atomic E-state index is 0.209. The summed E-state index contributed by atoms with van der Waals surface area (Å²) in [5, 5.41) is 0. The van der Waals surface area contributed by atoms with Crippen LogP contribution in [-0.4, -0.2) is 29.8 Å². The highest BCUT2D eigenvalue weighted by atomic mass is 32.2. The summed E-state index contributed by atoms with van der Waals surface area (Å²) in [5.74, 6) is 4.09. The van der Waals surface area contributed by atoms with Crippen molar-refractivity contribution in [3.63, 3.8) is 0 Å². The maximum Gasteiger partial charge on any atom is 0.0701 e. The summed E-state index contributed by atoms with van der Waals surface area (Å²) in [7, 11) is 0. The van der Waals surface area contributed by atoms with Crippen molar-refractivity contribution in [2.24, 2.45) is 17.6 Å². The monoisotopic (exact) mass is 283 g/mol. The Morgan fingerprint density at radius 2 is 1.74 bits per heavy atom. The second kappa shape index (κ2) is 6.36. The second-order valence-electron chi connectivity index (χ2n) is 6.87. The molecule has 2 N–H and O–H groups in total. The van der Waals surface area contributed by atoms with Gasteiger partial charge in [-0.1, -0.05) is 19.3 Å². The molecule has 1 spiro atoms. The van der Waals surface area contributed by atoms with Gasteiger partial charge < -0.3 is 10.5 Å². The Labute approximate surface area is 122 Å². The van der Waals surface area contributed by atoms with Gasteiger partial charge in [0.2, 0.25) is 0 Å². The average molecular weight is 283 g/mol. The molecule has 19 heavy (non-hydrogen) atoms. The highest BCUT2D eigenvalue weighted by Gasteiger charge is 2.41. The fourth-order valence-corrected chi connectivity index (χ4v) is 5.63. The number of nitrogens with two attached hydrogens (primary N) is 1. The molecule has 2 unspecified atom stereocenters. The quantitative estimate of drug-likeness (QED) is 0.841. The van der Waals surface area contributed by atoms with Crippen molar-refractivity contribution in [2.75, 3.05) is 18.1 Å². The van der Waals surface area contributed by atoms with E-state index in [1.807, 2.05) is 0 Å². The number of ether oxygens (including phenoxy) is 1. The molecule has 3 heteroatoms. The highest BCUT2D eigenvalue weighted by Crippen LogP contribution is 2.42. The molecule has 0 bridgehead atoms. The molecule has 0 aromatic rings. The van der Waals surface area contributed by atoms with E-state index in [0.29, 0.717) is 6.04 Å². The van der Waals surface area contributed by atoms with E-state index in [9.17, 15) is 0 Å². The minimum Gasteiger partial charge on any atom is -0.375 e. The zero-order valence-corrected chi connectivity index (χ0v) is 12.9.